The van der Waals surface area contributed by atoms with Crippen LogP contribution in [0.2, 0.25) is 0 Å². The topological polar surface area (TPSA) is 49.3 Å². The van der Waals surface area contributed by atoms with Gasteiger partial charge < -0.3 is 10.4 Å². The summed E-state index contributed by atoms with van der Waals surface area (Å²) in [4.78, 5) is 12.0. The van der Waals surface area contributed by atoms with Crippen molar-refractivity contribution in [1.29, 1.82) is 0 Å². The van der Waals surface area contributed by atoms with Crippen LogP contribution in [0.15, 0.2) is 51.4 Å². The van der Waals surface area contributed by atoms with Gasteiger partial charge in [-0.2, -0.15) is 0 Å². The minimum atomic E-state index is -0.351. The molecule has 0 heterocycles. The van der Waals surface area contributed by atoms with E-state index in [1.165, 1.54) is 0 Å². The van der Waals surface area contributed by atoms with Crippen molar-refractivity contribution >= 4 is 43.5 Å². The average Bonchev–Trinajstić information content (AvgIpc) is 2.35. The molecule has 2 rings (SSSR count). The number of carbonyl (C=O) groups excluding carboxylic acids is 1. The molecule has 0 spiro atoms. The number of rotatable bonds is 2. The number of nitrogens with one attached hydrogen (secondary N) is 1. The van der Waals surface area contributed by atoms with Crippen LogP contribution >= 0.6 is 31.9 Å². The lowest BCUT2D eigenvalue weighted by Gasteiger charge is -2.07. The van der Waals surface area contributed by atoms with E-state index < -0.39 is 0 Å². The molecule has 0 atom stereocenters. The lowest BCUT2D eigenvalue weighted by molar-refractivity contribution is 0.102. The number of hydrogen-bond donors (Lipinski definition) is 2. The zero-order valence-electron chi connectivity index (χ0n) is 9.15. The molecule has 0 aliphatic heterocycles. The van der Waals surface area contributed by atoms with Crippen molar-refractivity contribution in [1.82, 2.24) is 0 Å². The fraction of sp³-hybridized carbons (Fsp3) is 0. The highest BCUT2D eigenvalue weighted by Crippen LogP contribution is 2.28. The molecule has 0 unspecified atom stereocenters. The van der Waals surface area contributed by atoms with Crippen molar-refractivity contribution in [3.05, 3.63) is 57.0 Å². The first-order valence-electron chi connectivity index (χ1n) is 5.12. The fourth-order valence-electron chi connectivity index (χ4n) is 1.43. The zero-order chi connectivity index (χ0) is 13.1. The van der Waals surface area contributed by atoms with E-state index in [9.17, 15) is 9.90 Å². The van der Waals surface area contributed by atoms with E-state index in [2.05, 4.69) is 37.2 Å². The molecule has 0 saturated heterocycles. The highest BCUT2D eigenvalue weighted by Gasteiger charge is 2.13. The van der Waals surface area contributed by atoms with E-state index in [1.54, 1.807) is 30.3 Å². The van der Waals surface area contributed by atoms with Gasteiger partial charge in [-0.3, -0.25) is 4.79 Å². The summed E-state index contributed by atoms with van der Waals surface area (Å²) in [6.45, 7) is 0. The second-order valence-electron chi connectivity index (χ2n) is 3.60. The molecule has 0 aliphatic rings. The molecule has 18 heavy (non-hydrogen) atoms. The molecule has 3 nitrogen and oxygen atoms in total. The van der Waals surface area contributed by atoms with E-state index in [1.807, 2.05) is 12.1 Å². The summed E-state index contributed by atoms with van der Waals surface area (Å²) in [5, 5.41) is 12.5. The molecule has 92 valence electrons. The van der Waals surface area contributed by atoms with E-state index in [0.29, 0.717) is 10.2 Å². The van der Waals surface area contributed by atoms with Gasteiger partial charge >= 0.3 is 0 Å². The van der Waals surface area contributed by atoms with Crippen molar-refractivity contribution in [3.63, 3.8) is 0 Å². The molecule has 0 radical (unpaired) electrons. The Balaban J connectivity index is 2.22. The standard InChI is InChI=1S/C13H9Br2NO2/c14-8-4-6-9(7-5-8)16-13(18)10-2-1-3-11(15)12(10)17/h1-7,17H,(H,16,18). The summed E-state index contributed by atoms with van der Waals surface area (Å²) in [5.41, 5.74) is 0.898. The fourth-order valence-corrected chi connectivity index (χ4v) is 2.06. The van der Waals surface area contributed by atoms with Crippen LogP contribution in [0.25, 0.3) is 0 Å². The normalized spacial score (nSPS) is 10.1. The minimum absolute atomic E-state index is 0.0629. The number of aromatic hydroxyl groups is 1. The predicted octanol–water partition coefficient (Wildman–Crippen LogP) is 4.17. The number of carbonyl (C=O) groups is 1. The molecule has 0 bridgehead atoms. The summed E-state index contributed by atoms with van der Waals surface area (Å²) in [5.74, 6) is -0.414. The summed E-state index contributed by atoms with van der Waals surface area (Å²) < 4.78 is 1.43. The van der Waals surface area contributed by atoms with Gasteiger partial charge in [0.2, 0.25) is 0 Å². The molecule has 0 fully saturated rings. The lowest BCUT2D eigenvalue weighted by Crippen LogP contribution is -2.12. The van der Waals surface area contributed by atoms with Gasteiger partial charge in [-0.15, -0.1) is 0 Å². The van der Waals surface area contributed by atoms with Gasteiger partial charge in [-0.05, 0) is 52.3 Å². The van der Waals surface area contributed by atoms with Crippen LogP contribution in [0.3, 0.4) is 0 Å². The van der Waals surface area contributed by atoms with Crippen molar-refractivity contribution in [2.45, 2.75) is 0 Å². The highest BCUT2D eigenvalue weighted by molar-refractivity contribution is 9.10. The largest absolute Gasteiger partial charge is 0.506 e. The number of halogens is 2. The average molecular weight is 371 g/mol. The monoisotopic (exact) mass is 369 g/mol. The second-order valence-corrected chi connectivity index (χ2v) is 5.37. The van der Waals surface area contributed by atoms with Crippen molar-refractivity contribution < 1.29 is 9.90 Å². The molecular formula is C13H9Br2NO2. The Morgan fingerprint density at radius 1 is 1.06 bits per heavy atom. The first-order valence-corrected chi connectivity index (χ1v) is 6.71. The van der Waals surface area contributed by atoms with E-state index in [0.717, 1.165) is 4.47 Å². The van der Waals surface area contributed by atoms with E-state index in [-0.39, 0.29) is 17.2 Å². The van der Waals surface area contributed by atoms with Crippen LogP contribution in [0.5, 0.6) is 5.75 Å². The summed E-state index contributed by atoms with van der Waals surface area (Å²) in [6, 6.07) is 12.1. The number of phenolic OH excluding ortho intramolecular Hbond substituents is 1. The molecule has 1 amide bonds. The van der Waals surface area contributed by atoms with Gasteiger partial charge in [0.05, 0.1) is 10.0 Å². The Labute approximate surface area is 121 Å². The molecule has 0 saturated carbocycles. The Morgan fingerprint density at radius 3 is 2.39 bits per heavy atom. The maximum atomic E-state index is 12.0. The molecule has 2 aromatic carbocycles. The van der Waals surface area contributed by atoms with Crippen LogP contribution in [0.1, 0.15) is 10.4 Å². The molecule has 2 N–H and O–H groups in total. The van der Waals surface area contributed by atoms with Gasteiger partial charge in [-0.25, -0.2) is 0 Å². The molecular weight excluding hydrogens is 362 g/mol. The third kappa shape index (κ3) is 2.91. The lowest BCUT2D eigenvalue weighted by atomic mass is 10.2. The summed E-state index contributed by atoms with van der Waals surface area (Å²) in [7, 11) is 0. The molecule has 5 heteroatoms. The van der Waals surface area contributed by atoms with Gasteiger partial charge in [0.1, 0.15) is 5.75 Å². The van der Waals surface area contributed by atoms with Gasteiger partial charge in [-0.1, -0.05) is 22.0 Å². The van der Waals surface area contributed by atoms with Gasteiger partial charge in [0.15, 0.2) is 0 Å². The summed E-state index contributed by atoms with van der Waals surface area (Å²) >= 11 is 6.49. The molecule has 0 aliphatic carbocycles. The first-order chi connectivity index (χ1) is 8.58. The number of phenols is 1. The Kier molecular flexibility index (Phi) is 4.04. The first kappa shape index (κ1) is 13.1. The number of amides is 1. The summed E-state index contributed by atoms with van der Waals surface area (Å²) in [6.07, 6.45) is 0. The number of anilines is 1. The SMILES string of the molecule is O=C(Nc1ccc(Br)cc1)c1cccc(Br)c1O. The Bertz CT molecular complexity index is 582. The molecule has 2 aromatic rings. The van der Waals surface area contributed by atoms with Crippen molar-refractivity contribution in [2.24, 2.45) is 0 Å². The van der Waals surface area contributed by atoms with Crippen LogP contribution in [-0.4, -0.2) is 11.0 Å². The maximum absolute atomic E-state index is 12.0. The van der Waals surface area contributed by atoms with Gasteiger partial charge in [0, 0.05) is 10.2 Å². The highest BCUT2D eigenvalue weighted by atomic mass is 79.9. The number of benzene rings is 2. The molecule has 0 aromatic heterocycles. The Morgan fingerprint density at radius 2 is 1.72 bits per heavy atom. The smallest absolute Gasteiger partial charge is 0.259 e. The van der Waals surface area contributed by atoms with Crippen LogP contribution < -0.4 is 5.32 Å². The van der Waals surface area contributed by atoms with Crippen LogP contribution in [-0.2, 0) is 0 Å². The van der Waals surface area contributed by atoms with Gasteiger partial charge in [0.25, 0.3) is 5.91 Å². The predicted molar refractivity (Wildman–Crippen MR) is 77.9 cm³/mol. The van der Waals surface area contributed by atoms with Crippen LogP contribution in [0.4, 0.5) is 5.69 Å². The quantitative estimate of drug-likeness (QED) is 0.833. The zero-order valence-corrected chi connectivity index (χ0v) is 12.3. The number of hydrogen-bond acceptors (Lipinski definition) is 2. The number of para-hydroxylation sites is 1. The van der Waals surface area contributed by atoms with Crippen molar-refractivity contribution in [2.75, 3.05) is 5.32 Å². The Hall–Kier alpha value is -1.33. The van der Waals surface area contributed by atoms with Crippen molar-refractivity contribution in [3.8, 4) is 5.75 Å². The minimum Gasteiger partial charge on any atom is -0.506 e. The third-order valence-electron chi connectivity index (χ3n) is 2.33. The van der Waals surface area contributed by atoms with Crippen LogP contribution in [0, 0.1) is 0 Å². The van der Waals surface area contributed by atoms with E-state index in [4.69, 9.17) is 0 Å². The van der Waals surface area contributed by atoms with E-state index >= 15 is 0 Å². The maximum Gasteiger partial charge on any atom is 0.259 e. The second kappa shape index (κ2) is 5.54. The third-order valence-corrected chi connectivity index (χ3v) is 3.50.